The summed E-state index contributed by atoms with van der Waals surface area (Å²) in [5.74, 6) is -0.253. The third-order valence-electron chi connectivity index (χ3n) is 3.69. The zero-order chi connectivity index (χ0) is 15.5. The summed E-state index contributed by atoms with van der Waals surface area (Å²) in [7, 11) is -3.33. The highest BCUT2D eigenvalue weighted by Crippen LogP contribution is 2.29. The minimum atomic E-state index is -3.33. The first-order valence-corrected chi connectivity index (χ1v) is 8.74. The van der Waals surface area contributed by atoms with Crippen LogP contribution >= 0.6 is 0 Å². The van der Waals surface area contributed by atoms with Gasteiger partial charge in [-0.15, -0.1) is 0 Å². The third-order valence-corrected chi connectivity index (χ3v) is 4.30. The maximum atomic E-state index is 12.2. The normalized spacial score (nSPS) is 17.4. The summed E-state index contributed by atoms with van der Waals surface area (Å²) in [6.45, 7) is -0.0630. The van der Waals surface area contributed by atoms with Gasteiger partial charge in [0.15, 0.2) is 0 Å². The average Bonchev–Trinajstić information content (AvgIpc) is 2.87. The van der Waals surface area contributed by atoms with Gasteiger partial charge in [0, 0.05) is 11.3 Å². The molecule has 0 radical (unpaired) electrons. The van der Waals surface area contributed by atoms with E-state index in [0.717, 1.165) is 31.9 Å². The number of hydrogen-bond donors (Lipinski definition) is 3. The van der Waals surface area contributed by atoms with Crippen molar-refractivity contribution in [2.75, 3.05) is 17.6 Å². The van der Waals surface area contributed by atoms with Crippen molar-refractivity contribution >= 4 is 21.6 Å². The second kappa shape index (κ2) is 6.03. The highest BCUT2D eigenvalue weighted by atomic mass is 32.2. The monoisotopic (exact) mass is 312 g/mol. The van der Waals surface area contributed by atoms with Gasteiger partial charge in [0.1, 0.15) is 0 Å². The molecule has 0 aromatic heterocycles. The lowest BCUT2D eigenvalue weighted by Gasteiger charge is -2.28. The maximum absolute atomic E-state index is 12.2. The van der Waals surface area contributed by atoms with E-state index in [1.807, 2.05) is 0 Å². The number of sulfonamides is 1. The molecule has 2 rings (SSSR count). The van der Waals surface area contributed by atoms with E-state index in [4.69, 9.17) is 0 Å². The Balaban J connectivity index is 2.06. The zero-order valence-electron chi connectivity index (χ0n) is 11.9. The van der Waals surface area contributed by atoms with Crippen LogP contribution in [0.1, 0.15) is 36.0 Å². The predicted molar refractivity (Wildman–Crippen MR) is 80.7 cm³/mol. The summed E-state index contributed by atoms with van der Waals surface area (Å²) in [4.78, 5) is 12.2. The molecule has 7 heteroatoms. The fraction of sp³-hybridized carbons (Fsp3) is 0.500. The van der Waals surface area contributed by atoms with E-state index in [1.54, 1.807) is 12.1 Å². The first-order chi connectivity index (χ1) is 9.84. The molecule has 0 saturated heterocycles. The number of carbonyl (C=O) groups is 1. The minimum Gasteiger partial charge on any atom is -0.394 e. The van der Waals surface area contributed by atoms with Crippen LogP contribution in [0.3, 0.4) is 0 Å². The molecule has 0 bridgehead atoms. The van der Waals surface area contributed by atoms with Gasteiger partial charge in [0.05, 0.1) is 18.4 Å². The van der Waals surface area contributed by atoms with Gasteiger partial charge in [-0.2, -0.15) is 0 Å². The van der Waals surface area contributed by atoms with E-state index in [2.05, 4.69) is 10.0 Å². The Labute approximate surface area is 124 Å². The third kappa shape index (κ3) is 4.18. The van der Waals surface area contributed by atoms with Crippen LogP contribution in [-0.2, 0) is 10.0 Å². The van der Waals surface area contributed by atoms with Gasteiger partial charge >= 0.3 is 0 Å². The van der Waals surface area contributed by atoms with Crippen LogP contribution in [0.5, 0.6) is 0 Å². The number of aliphatic hydroxyl groups is 1. The summed E-state index contributed by atoms with van der Waals surface area (Å²) >= 11 is 0. The molecule has 0 spiro atoms. The van der Waals surface area contributed by atoms with Crippen molar-refractivity contribution in [3.8, 4) is 0 Å². The summed E-state index contributed by atoms with van der Waals surface area (Å²) < 4.78 is 24.6. The number of amides is 1. The zero-order valence-corrected chi connectivity index (χ0v) is 12.7. The highest BCUT2D eigenvalue weighted by Gasteiger charge is 2.34. The number of aliphatic hydroxyl groups excluding tert-OH is 1. The van der Waals surface area contributed by atoms with Crippen LogP contribution in [-0.4, -0.2) is 37.8 Å². The van der Waals surface area contributed by atoms with Crippen LogP contribution in [0, 0.1) is 0 Å². The molecule has 1 aromatic carbocycles. The Morgan fingerprint density at radius 2 is 1.81 bits per heavy atom. The standard InChI is InChI=1S/C14H20N2O4S/c1-21(19,20)16-12-6-4-11(5-7-12)13(18)15-14(10-17)8-2-3-9-14/h4-7,16-17H,2-3,8-10H2,1H3,(H,15,18). The lowest BCUT2D eigenvalue weighted by molar-refractivity contribution is 0.0838. The average molecular weight is 312 g/mol. The molecule has 1 aromatic rings. The topological polar surface area (TPSA) is 95.5 Å². The molecule has 0 aliphatic heterocycles. The number of hydrogen-bond acceptors (Lipinski definition) is 4. The molecule has 0 unspecified atom stereocenters. The van der Waals surface area contributed by atoms with Crippen LogP contribution < -0.4 is 10.0 Å². The lowest BCUT2D eigenvalue weighted by Crippen LogP contribution is -2.49. The van der Waals surface area contributed by atoms with E-state index < -0.39 is 15.6 Å². The van der Waals surface area contributed by atoms with Crippen molar-refractivity contribution in [1.29, 1.82) is 0 Å². The molecule has 1 amide bonds. The smallest absolute Gasteiger partial charge is 0.251 e. The van der Waals surface area contributed by atoms with E-state index in [1.165, 1.54) is 12.1 Å². The van der Waals surface area contributed by atoms with Crippen molar-refractivity contribution in [1.82, 2.24) is 5.32 Å². The Kier molecular flexibility index (Phi) is 4.53. The molecule has 1 aliphatic rings. The van der Waals surface area contributed by atoms with Crippen molar-refractivity contribution in [3.63, 3.8) is 0 Å². The number of rotatable bonds is 5. The van der Waals surface area contributed by atoms with Gasteiger partial charge in [0.25, 0.3) is 5.91 Å². The minimum absolute atomic E-state index is 0.0630. The first kappa shape index (κ1) is 15.8. The van der Waals surface area contributed by atoms with Gasteiger partial charge in [-0.25, -0.2) is 8.42 Å². The Hall–Kier alpha value is -1.60. The Bertz CT molecular complexity index is 604. The lowest BCUT2D eigenvalue weighted by atomic mass is 9.98. The molecule has 6 nitrogen and oxygen atoms in total. The number of nitrogens with one attached hydrogen (secondary N) is 2. The SMILES string of the molecule is CS(=O)(=O)Nc1ccc(C(=O)NC2(CO)CCCC2)cc1. The predicted octanol–water partition coefficient (Wildman–Crippen LogP) is 1.09. The highest BCUT2D eigenvalue weighted by molar-refractivity contribution is 7.92. The van der Waals surface area contributed by atoms with Gasteiger partial charge in [-0.3, -0.25) is 9.52 Å². The van der Waals surface area contributed by atoms with E-state index >= 15 is 0 Å². The molecule has 1 saturated carbocycles. The van der Waals surface area contributed by atoms with Crippen molar-refractivity contribution in [3.05, 3.63) is 29.8 Å². The summed E-state index contributed by atoms with van der Waals surface area (Å²) in [5, 5.41) is 12.4. The van der Waals surface area contributed by atoms with Crippen LogP contribution in [0.15, 0.2) is 24.3 Å². The summed E-state index contributed by atoms with van der Waals surface area (Å²) in [5.41, 5.74) is 0.335. The largest absolute Gasteiger partial charge is 0.394 e. The summed E-state index contributed by atoms with van der Waals surface area (Å²) in [6.07, 6.45) is 4.63. The first-order valence-electron chi connectivity index (χ1n) is 6.85. The molecule has 1 aliphatic carbocycles. The van der Waals surface area contributed by atoms with Crippen LogP contribution in [0.2, 0.25) is 0 Å². The molecule has 21 heavy (non-hydrogen) atoms. The maximum Gasteiger partial charge on any atom is 0.251 e. The Morgan fingerprint density at radius 3 is 2.29 bits per heavy atom. The molecule has 116 valence electrons. The quantitative estimate of drug-likeness (QED) is 0.758. The van der Waals surface area contributed by atoms with Gasteiger partial charge in [0.2, 0.25) is 10.0 Å². The van der Waals surface area contributed by atoms with Crippen LogP contribution in [0.4, 0.5) is 5.69 Å². The van der Waals surface area contributed by atoms with Gasteiger partial charge in [-0.05, 0) is 37.1 Å². The second-order valence-electron chi connectivity index (χ2n) is 5.55. The summed E-state index contributed by atoms with van der Waals surface area (Å²) in [6, 6.07) is 6.19. The van der Waals surface area contributed by atoms with E-state index in [-0.39, 0.29) is 12.5 Å². The van der Waals surface area contributed by atoms with Crippen molar-refractivity contribution in [2.45, 2.75) is 31.2 Å². The molecular weight excluding hydrogens is 292 g/mol. The molecule has 1 fully saturated rings. The van der Waals surface area contributed by atoms with E-state index in [0.29, 0.717) is 11.3 Å². The van der Waals surface area contributed by atoms with Crippen molar-refractivity contribution < 1.29 is 18.3 Å². The fourth-order valence-electron chi connectivity index (χ4n) is 2.59. The molecule has 0 atom stereocenters. The van der Waals surface area contributed by atoms with Crippen molar-refractivity contribution in [2.24, 2.45) is 0 Å². The molecule has 3 N–H and O–H groups in total. The van der Waals surface area contributed by atoms with Gasteiger partial charge < -0.3 is 10.4 Å². The second-order valence-corrected chi connectivity index (χ2v) is 7.30. The number of anilines is 1. The fourth-order valence-corrected chi connectivity index (χ4v) is 3.16. The van der Waals surface area contributed by atoms with Gasteiger partial charge in [-0.1, -0.05) is 12.8 Å². The molecule has 0 heterocycles. The van der Waals surface area contributed by atoms with Crippen LogP contribution in [0.25, 0.3) is 0 Å². The number of carbonyl (C=O) groups excluding carboxylic acids is 1. The number of benzene rings is 1. The van der Waals surface area contributed by atoms with E-state index in [9.17, 15) is 18.3 Å². The Morgan fingerprint density at radius 1 is 1.24 bits per heavy atom. The molecular formula is C14H20N2O4S.